The molecular weight excluding hydrogens is 340 g/mol. The molecule has 0 aliphatic rings. The van der Waals surface area contributed by atoms with E-state index >= 15 is 0 Å². The monoisotopic (exact) mass is 358 g/mol. The van der Waals surface area contributed by atoms with E-state index in [1.807, 2.05) is 62.4 Å². The van der Waals surface area contributed by atoms with Crippen LogP contribution < -0.4 is 5.32 Å². The second-order valence-electron chi connectivity index (χ2n) is 6.49. The summed E-state index contributed by atoms with van der Waals surface area (Å²) in [5.41, 5.74) is 4.80. The summed E-state index contributed by atoms with van der Waals surface area (Å²) in [7, 11) is 1.77. The van der Waals surface area contributed by atoms with E-state index in [1.165, 1.54) is 0 Å². The third-order valence-electron chi connectivity index (χ3n) is 4.34. The van der Waals surface area contributed by atoms with Crippen molar-refractivity contribution in [1.82, 2.24) is 25.2 Å². The van der Waals surface area contributed by atoms with Gasteiger partial charge in [-0.3, -0.25) is 9.78 Å². The van der Waals surface area contributed by atoms with Crippen LogP contribution in [0.15, 0.2) is 48.5 Å². The predicted molar refractivity (Wildman–Crippen MR) is 103 cm³/mol. The molecule has 0 unspecified atom stereocenters. The highest BCUT2D eigenvalue weighted by atomic mass is 16.1. The van der Waals surface area contributed by atoms with E-state index in [2.05, 4.69) is 25.8 Å². The van der Waals surface area contributed by atoms with Gasteiger partial charge in [0.15, 0.2) is 5.82 Å². The highest BCUT2D eigenvalue weighted by Crippen LogP contribution is 2.23. The van der Waals surface area contributed by atoms with Gasteiger partial charge >= 0.3 is 0 Å². The number of carbonyl (C=O) groups excluding carboxylic acids is 1. The Morgan fingerprint density at radius 3 is 2.70 bits per heavy atom. The SMILES string of the molecule is Cc1ccc2nc(C)cc(C(=O)Nc3cccc(-c4nnnn4C)c3)c2c1. The van der Waals surface area contributed by atoms with Gasteiger partial charge in [0.1, 0.15) is 0 Å². The quantitative estimate of drug-likeness (QED) is 0.607. The number of aryl methyl sites for hydroxylation is 3. The van der Waals surface area contributed by atoms with Crippen molar-refractivity contribution in [2.75, 3.05) is 5.32 Å². The first-order valence-electron chi connectivity index (χ1n) is 8.53. The zero-order chi connectivity index (χ0) is 19.0. The third kappa shape index (κ3) is 3.27. The molecule has 0 aliphatic heterocycles. The smallest absolute Gasteiger partial charge is 0.256 e. The first kappa shape index (κ1) is 16.8. The summed E-state index contributed by atoms with van der Waals surface area (Å²) < 4.78 is 1.59. The van der Waals surface area contributed by atoms with Crippen LogP contribution in [0.3, 0.4) is 0 Å². The number of nitrogens with one attached hydrogen (secondary N) is 1. The number of benzene rings is 2. The lowest BCUT2D eigenvalue weighted by atomic mass is 10.0. The standard InChI is InChI=1S/C20H18N6O/c1-12-7-8-18-16(9-12)17(10-13(2)21-18)20(27)22-15-6-4-5-14(11-15)19-23-24-25-26(19)3/h4-11H,1-3H3,(H,22,27). The number of carbonyl (C=O) groups is 1. The molecule has 1 N–H and O–H groups in total. The number of hydrogen-bond donors (Lipinski definition) is 1. The summed E-state index contributed by atoms with van der Waals surface area (Å²) in [4.78, 5) is 17.5. The fourth-order valence-electron chi connectivity index (χ4n) is 3.07. The zero-order valence-corrected chi connectivity index (χ0v) is 15.3. The Kier molecular flexibility index (Phi) is 4.12. The molecular formula is C20H18N6O. The Labute approximate surface area is 156 Å². The van der Waals surface area contributed by atoms with Crippen molar-refractivity contribution in [2.45, 2.75) is 13.8 Å². The average molecular weight is 358 g/mol. The number of tetrazole rings is 1. The Morgan fingerprint density at radius 1 is 1.07 bits per heavy atom. The zero-order valence-electron chi connectivity index (χ0n) is 15.3. The second-order valence-corrected chi connectivity index (χ2v) is 6.49. The lowest BCUT2D eigenvalue weighted by Gasteiger charge is -2.10. The van der Waals surface area contributed by atoms with Gasteiger partial charge in [0.25, 0.3) is 5.91 Å². The molecule has 0 saturated carbocycles. The molecule has 4 rings (SSSR count). The van der Waals surface area contributed by atoms with Gasteiger partial charge in [0.05, 0.1) is 11.1 Å². The molecule has 134 valence electrons. The molecule has 0 bridgehead atoms. The molecule has 0 fully saturated rings. The van der Waals surface area contributed by atoms with E-state index in [0.29, 0.717) is 17.1 Å². The van der Waals surface area contributed by atoms with Gasteiger partial charge in [-0.15, -0.1) is 5.10 Å². The Balaban J connectivity index is 1.70. The molecule has 7 nitrogen and oxygen atoms in total. The van der Waals surface area contributed by atoms with E-state index in [1.54, 1.807) is 11.7 Å². The van der Waals surface area contributed by atoms with Crippen LogP contribution in [0.2, 0.25) is 0 Å². The average Bonchev–Trinajstić information content (AvgIpc) is 3.07. The van der Waals surface area contributed by atoms with Gasteiger partial charge in [0, 0.05) is 29.4 Å². The van der Waals surface area contributed by atoms with E-state index in [0.717, 1.165) is 27.7 Å². The van der Waals surface area contributed by atoms with Gasteiger partial charge in [-0.05, 0) is 54.6 Å². The van der Waals surface area contributed by atoms with Crippen LogP contribution in [-0.2, 0) is 7.05 Å². The summed E-state index contributed by atoms with van der Waals surface area (Å²) in [6.45, 7) is 3.89. The van der Waals surface area contributed by atoms with Crippen molar-refractivity contribution in [3.63, 3.8) is 0 Å². The summed E-state index contributed by atoms with van der Waals surface area (Å²) in [5.74, 6) is 0.455. The molecule has 4 aromatic rings. The molecule has 2 aromatic carbocycles. The minimum absolute atomic E-state index is 0.177. The Bertz CT molecular complexity index is 1160. The lowest BCUT2D eigenvalue weighted by molar-refractivity contribution is 0.102. The number of fused-ring (bicyclic) bond motifs is 1. The molecule has 0 aliphatic carbocycles. The maximum Gasteiger partial charge on any atom is 0.256 e. The topological polar surface area (TPSA) is 85.6 Å². The fourth-order valence-corrected chi connectivity index (χ4v) is 3.07. The third-order valence-corrected chi connectivity index (χ3v) is 4.34. The summed E-state index contributed by atoms with van der Waals surface area (Å²) in [5, 5.41) is 15.3. The molecule has 0 atom stereocenters. The minimum atomic E-state index is -0.177. The van der Waals surface area contributed by atoms with Crippen molar-refractivity contribution in [1.29, 1.82) is 0 Å². The van der Waals surface area contributed by atoms with Crippen molar-refractivity contribution < 1.29 is 4.79 Å². The summed E-state index contributed by atoms with van der Waals surface area (Å²) >= 11 is 0. The highest BCUT2D eigenvalue weighted by Gasteiger charge is 2.14. The van der Waals surface area contributed by atoms with Crippen molar-refractivity contribution >= 4 is 22.5 Å². The minimum Gasteiger partial charge on any atom is -0.322 e. The molecule has 2 heterocycles. The normalized spacial score (nSPS) is 10.9. The lowest BCUT2D eigenvalue weighted by Crippen LogP contribution is -2.13. The molecule has 1 amide bonds. The molecule has 0 saturated heterocycles. The molecule has 7 heteroatoms. The molecule has 27 heavy (non-hydrogen) atoms. The number of anilines is 1. The van der Waals surface area contributed by atoms with Gasteiger partial charge in [-0.25, -0.2) is 4.68 Å². The maximum atomic E-state index is 13.0. The summed E-state index contributed by atoms with van der Waals surface area (Å²) in [6.07, 6.45) is 0. The van der Waals surface area contributed by atoms with Crippen LogP contribution in [0.25, 0.3) is 22.3 Å². The van der Waals surface area contributed by atoms with Gasteiger partial charge in [0.2, 0.25) is 0 Å². The number of aromatic nitrogens is 5. The molecule has 0 spiro atoms. The number of rotatable bonds is 3. The maximum absolute atomic E-state index is 13.0. The molecule has 0 radical (unpaired) electrons. The van der Waals surface area contributed by atoms with E-state index < -0.39 is 0 Å². The number of pyridine rings is 1. The number of hydrogen-bond acceptors (Lipinski definition) is 5. The van der Waals surface area contributed by atoms with Crippen LogP contribution in [0.5, 0.6) is 0 Å². The fraction of sp³-hybridized carbons (Fsp3) is 0.150. The second kappa shape index (κ2) is 6.60. The predicted octanol–water partition coefficient (Wildman–Crippen LogP) is 3.29. The van der Waals surface area contributed by atoms with Crippen LogP contribution in [0.1, 0.15) is 21.6 Å². The highest BCUT2D eigenvalue weighted by molar-refractivity contribution is 6.12. The van der Waals surface area contributed by atoms with Gasteiger partial charge in [-0.2, -0.15) is 0 Å². The van der Waals surface area contributed by atoms with E-state index in [-0.39, 0.29) is 5.91 Å². The van der Waals surface area contributed by atoms with Crippen LogP contribution in [0.4, 0.5) is 5.69 Å². The van der Waals surface area contributed by atoms with Crippen LogP contribution >= 0.6 is 0 Å². The Hall–Kier alpha value is -3.61. The number of amides is 1. The summed E-state index contributed by atoms with van der Waals surface area (Å²) in [6, 6.07) is 15.2. The van der Waals surface area contributed by atoms with Crippen molar-refractivity contribution in [3.8, 4) is 11.4 Å². The van der Waals surface area contributed by atoms with Crippen LogP contribution in [0, 0.1) is 13.8 Å². The Morgan fingerprint density at radius 2 is 1.93 bits per heavy atom. The first-order valence-corrected chi connectivity index (χ1v) is 8.53. The van der Waals surface area contributed by atoms with Gasteiger partial charge < -0.3 is 5.32 Å². The molecule has 2 aromatic heterocycles. The largest absolute Gasteiger partial charge is 0.322 e. The first-order chi connectivity index (χ1) is 13.0. The van der Waals surface area contributed by atoms with Crippen LogP contribution in [-0.4, -0.2) is 31.1 Å². The van der Waals surface area contributed by atoms with Crippen molar-refractivity contribution in [2.24, 2.45) is 7.05 Å². The van der Waals surface area contributed by atoms with E-state index in [9.17, 15) is 4.79 Å². The van der Waals surface area contributed by atoms with E-state index in [4.69, 9.17) is 0 Å². The van der Waals surface area contributed by atoms with Gasteiger partial charge in [-0.1, -0.05) is 23.8 Å². The van der Waals surface area contributed by atoms with Crippen molar-refractivity contribution in [3.05, 3.63) is 65.4 Å². The number of nitrogens with zero attached hydrogens (tertiary/aromatic N) is 5.